The summed E-state index contributed by atoms with van der Waals surface area (Å²) < 4.78 is 0. The van der Waals surface area contributed by atoms with Crippen LogP contribution in [0.15, 0.2) is 0 Å². The third-order valence-electron chi connectivity index (χ3n) is 3.81. The van der Waals surface area contributed by atoms with Crippen LogP contribution in [-0.2, 0) is 0 Å². The maximum Gasteiger partial charge on any atom is 0.327 e. The van der Waals surface area contributed by atoms with E-state index in [4.69, 9.17) is 0 Å². The van der Waals surface area contributed by atoms with Crippen LogP contribution >= 0.6 is 0 Å². The SMILES string of the molecule is CCN1C(=O)N(C)C2(O)N(C)C(=O)N(CC)C12O. The Morgan fingerprint density at radius 3 is 1.50 bits per heavy atom. The second-order valence-corrected chi connectivity index (χ2v) is 4.44. The molecule has 102 valence electrons. The van der Waals surface area contributed by atoms with Gasteiger partial charge >= 0.3 is 12.1 Å². The third-order valence-corrected chi connectivity index (χ3v) is 3.81. The number of aliphatic hydroxyl groups is 2. The van der Waals surface area contributed by atoms with Gasteiger partial charge in [0, 0.05) is 27.2 Å². The lowest BCUT2D eigenvalue weighted by Crippen LogP contribution is -2.67. The van der Waals surface area contributed by atoms with E-state index in [1.165, 1.54) is 14.1 Å². The van der Waals surface area contributed by atoms with Crippen LogP contribution < -0.4 is 0 Å². The summed E-state index contributed by atoms with van der Waals surface area (Å²) in [6, 6.07) is -1.05. The predicted octanol–water partition coefficient (Wildman–Crippen LogP) is -0.947. The van der Waals surface area contributed by atoms with Crippen LogP contribution in [0.4, 0.5) is 9.59 Å². The Morgan fingerprint density at radius 2 is 1.22 bits per heavy atom. The second-order valence-electron chi connectivity index (χ2n) is 4.44. The van der Waals surface area contributed by atoms with Crippen molar-refractivity contribution in [2.45, 2.75) is 25.5 Å². The lowest BCUT2D eigenvalue weighted by Gasteiger charge is -2.40. The molecule has 2 rings (SSSR count). The van der Waals surface area contributed by atoms with Gasteiger partial charge in [0.1, 0.15) is 0 Å². The molecule has 2 N–H and O–H groups in total. The van der Waals surface area contributed by atoms with Gasteiger partial charge in [-0.1, -0.05) is 0 Å². The largest absolute Gasteiger partial charge is 0.348 e. The van der Waals surface area contributed by atoms with Crippen molar-refractivity contribution in [1.82, 2.24) is 19.6 Å². The first-order chi connectivity index (χ1) is 8.28. The van der Waals surface area contributed by atoms with Crippen molar-refractivity contribution in [2.75, 3.05) is 27.2 Å². The summed E-state index contributed by atoms with van der Waals surface area (Å²) in [6.07, 6.45) is 0. The van der Waals surface area contributed by atoms with E-state index in [1.807, 2.05) is 0 Å². The minimum Gasteiger partial charge on any atom is -0.348 e. The Kier molecular flexibility index (Phi) is 2.50. The van der Waals surface area contributed by atoms with Gasteiger partial charge < -0.3 is 10.2 Å². The highest BCUT2D eigenvalue weighted by molar-refractivity contribution is 5.86. The number of fused-ring (bicyclic) bond motifs is 1. The van der Waals surface area contributed by atoms with Crippen molar-refractivity contribution in [3.63, 3.8) is 0 Å². The van der Waals surface area contributed by atoms with Crippen LogP contribution in [0.5, 0.6) is 0 Å². The van der Waals surface area contributed by atoms with Crippen LogP contribution in [0.25, 0.3) is 0 Å². The van der Waals surface area contributed by atoms with E-state index >= 15 is 0 Å². The molecule has 8 heteroatoms. The molecular weight excluding hydrogens is 240 g/mol. The number of urea groups is 2. The maximum absolute atomic E-state index is 12.0. The highest BCUT2D eigenvalue weighted by Crippen LogP contribution is 2.46. The van der Waals surface area contributed by atoms with E-state index in [-0.39, 0.29) is 13.1 Å². The molecule has 8 nitrogen and oxygen atoms in total. The zero-order valence-corrected chi connectivity index (χ0v) is 10.9. The molecule has 2 heterocycles. The van der Waals surface area contributed by atoms with Gasteiger partial charge in [-0.05, 0) is 13.8 Å². The second kappa shape index (κ2) is 3.48. The van der Waals surface area contributed by atoms with Gasteiger partial charge in [-0.3, -0.25) is 19.6 Å². The third kappa shape index (κ3) is 0.989. The molecule has 0 aromatic heterocycles. The lowest BCUT2D eigenvalue weighted by atomic mass is 10.2. The van der Waals surface area contributed by atoms with E-state index in [2.05, 4.69) is 0 Å². The Hall–Kier alpha value is -1.54. The predicted molar refractivity (Wildman–Crippen MR) is 61.0 cm³/mol. The Balaban J connectivity index is 2.65. The molecule has 0 saturated carbocycles. The highest BCUT2D eigenvalue weighted by Gasteiger charge is 2.77. The fraction of sp³-hybridized carbons (Fsp3) is 0.800. The maximum atomic E-state index is 12.0. The van der Waals surface area contributed by atoms with E-state index in [1.54, 1.807) is 13.8 Å². The molecule has 2 aliphatic heterocycles. The van der Waals surface area contributed by atoms with Gasteiger partial charge in [0.05, 0.1) is 0 Å². The van der Waals surface area contributed by atoms with Gasteiger partial charge in [-0.15, -0.1) is 0 Å². The van der Waals surface area contributed by atoms with E-state index in [9.17, 15) is 19.8 Å². The molecule has 2 fully saturated rings. The average Bonchev–Trinajstić information content (AvgIpc) is 2.58. The fourth-order valence-electron chi connectivity index (χ4n) is 2.79. The molecule has 0 radical (unpaired) electrons. The highest BCUT2D eigenvalue weighted by atomic mass is 16.5. The van der Waals surface area contributed by atoms with Crippen molar-refractivity contribution in [1.29, 1.82) is 0 Å². The summed E-state index contributed by atoms with van der Waals surface area (Å²) in [7, 11) is 2.71. The molecule has 4 amide bonds. The summed E-state index contributed by atoms with van der Waals surface area (Å²) in [5, 5.41) is 21.4. The number of hydrogen-bond donors (Lipinski definition) is 2. The standard InChI is InChI=1S/C10H18N4O4/c1-5-13-7(15)11(3)9(17)10(13,18)14(6-2)8(16)12(9)4/h17-18H,5-6H2,1-4H3. The van der Waals surface area contributed by atoms with Gasteiger partial charge in [0.25, 0.3) is 11.7 Å². The molecule has 18 heavy (non-hydrogen) atoms. The Labute approximate surface area is 105 Å². The van der Waals surface area contributed by atoms with E-state index < -0.39 is 23.8 Å². The van der Waals surface area contributed by atoms with Gasteiger partial charge in [-0.2, -0.15) is 0 Å². The molecule has 0 aromatic rings. The minimum absolute atomic E-state index is 0.180. The Morgan fingerprint density at radius 1 is 0.889 bits per heavy atom. The summed E-state index contributed by atoms with van der Waals surface area (Å²) in [5.74, 6) is -4.14. The number of hydrogen-bond acceptors (Lipinski definition) is 4. The van der Waals surface area contributed by atoms with E-state index in [0.29, 0.717) is 0 Å². The normalized spacial score (nSPS) is 35.9. The number of carbonyl (C=O) groups is 2. The number of nitrogens with zero attached hydrogens (tertiary/aromatic N) is 4. The molecule has 0 spiro atoms. The number of rotatable bonds is 2. The molecule has 0 aromatic carbocycles. The molecular formula is C10H18N4O4. The smallest absolute Gasteiger partial charge is 0.327 e. The molecule has 0 aliphatic carbocycles. The van der Waals surface area contributed by atoms with Crippen LogP contribution in [0.3, 0.4) is 0 Å². The lowest BCUT2D eigenvalue weighted by molar-refractivity contribution is -0.290. The number of amides is 4. The van der Waals surface area contributed by atoms with Crippen molar-refractivity contribution in [3.05, 3.63) is 0 Å². The summed E-state index contributed by atoms with van der Waals surface area (Å²) in [6.45, 7) is 3.71. The molecule has 0 bridgehead atoms. The van der Waals surface area contributed by atoms with Crippen molar-refractivity contribution < 1.29 is 19.8 Å². The van der Waals surface area contributed by atoms with Crippen molar-refractivity contribution in [3.8, 4) is 0 Å². The van der Waals surface area contributed by atoms with Gasteiger partial charge in [0.15, 0.2) is 0 Å². The summed E-state index contributed by atoms with van der Waals surface area (Å²) in [4.78, 5) is 28.2. The molecule has 0 atom stereocenters. The summed E-state index contributed by atoms with van der Waals surface area (Å²) >= 11 is 0. The topological polar surface area (TPSA) is 87.6 Å². The van der Waals surface area contributed by atoms with Gasteiger partial charge in [-0.25, -0.2) is 9.59 Å². The first-order valence-corrected chi connectivity index (χ1v) is 5.84. The summed E-state index contributed by atoms with van der Waals surface area (Å²) in [5.41, 5.74) is 0. The van der Waals surface area contributed by atoms with Crippen molar-refractivity contribution in [2.24, 2.45) is 0 Å². The zero-order chi connectivity index (χ0) is 13.9. The zero-order valence-electron chi connectivity index (χ0n) is 10.9. The Bertz CT molecular complexity index is 383. The van der Waals surface area contributed by atoms with Gasteiger partial charge in [0.2, 0.25) is 0 Å². The molecule has 0 unspecified atom stereocenters. The minimum atomic E-state index is -2.08. The average molecular weight is 258 g/mol. The molecule has 2 aliphatic rings. The monoisotopic (exact) mass is 258 g/mol. The number of likely N-dealkylation sites (N-methyl/N-ethyl adjacent to an activating group) is 4. The van der Waals surface area contributed by atoms with E-state index in [0.717, 1.165) is 19.6 Å². The quantitative estimate of drug-likeness (QED) is 0.668. The van der Waals surface area contributed by atoms with Crippen LogP contribution in [0.1, 0.15) is 13.8 Å². The van der Waals surface area contributed by atoms with Crippen molar-refractivity contribution >= 4 is 12.1 Å². The first kappa shape index (κ1) is 12.9. The molecule has 2 saturated heterocycles. The van der Waals surface area contributed by atoms with Crippen LogP contribution in [0, 0.1) is 0 Å². The van der Waals surface area contributed by atoms with Crippen LogP contribution in [0.2, 0.25) is 0 Å². The fourth-order valence-corrected chi connectivity index (χ4v) is 2.79. The number of carbonyl (C=O) groups excluding carboxylic acids is 2. The first-order valence-electron chi connectivity index (χ1n) is 5.84. The van der Waals surface area contributed by atoms with Crippen LogP contribution in [-0.4, -0.2) is 80.8 Å².